The number of carbonyl (C=O) groups is 2. The predicted molar refractivity (Wildman–Crippen MR) is 129 cm³/mol. The molecule has 0 radical (unpaired) electrons. The maximum Gasteiger partial charge on any atom is 0.223 e. The van der Waals surface area contributed by atoms with Crippen LogP contribution in [0, 0.1) is 5.92 Å². The van der Waals surface area contributed by atoms with Crippen LogP contribution in [0.25, 0.3) is 0 Å². The van der Waals surface area contributed by atoms with Crippen LogP contribution in [0.2, 0.25) is 5.02 Å². The van der Waals surface area contributed by atoms with Crippen molar-refractivity contribution in [2.24, 2.45) is 5.92 Å². The third kappa shape index (κ3) is 6.70. The molecule has 2 atom stereocenters. The van der Waals surface area contributed by atoms with Gasteiger partial charge >= 0.3 is 0 Å². The maximum absolute atomic E-state index is 13.1. The third-order valence-electron chi connectivity index (χ3n) is 6.64. The van der Waals surface area contributed by atoms with Gasteiger partial charge in [0.15, 0.2) is 0 Å². The zero-order chi connectivity index (χ0) is 23.9. The van der Waals surface area contributed by atoms with Crippen LogP contribution < -0.4 is 4.74 Å². The van der Waals surface area contributed by atoms with Crippen molar-refractivity contribution in [3.8, 4) is 5.75 Å². The average Bonchev–Trinajstić information content (AvgIpc) is 3.34. The normalized spacial score (nSPS) is 21.5. The van der Waals surface area contributed by atoms with Gasteiger partial charge in [0.1, 0.15) is 24.5 Å². The fourth-order valence-electron chi connectivity index (χ4n) is 4.61. The molecule has 1 aromatic carbocycles. The molecule has 0 aliphatic carbocycles. The molecule has 2 aliphatic rings. The van der Waals surface area contributed by atoms with Crippen LogP contribution in [-0.4, -0.2) is 93.7 Å². The smallest absolute Gasteiger partial charge is 0.223 e. The molecular weight excluding hydrogens is 456 g/mol. The molecule has 2 fully saturated rings. The lowest BCUT2D eigenvalue weighted by molar-refractivity contribution is -0.140. The zero-order valence-electron chi connectivity index (χ0n) is 19.7. The summed E-state index contributed by atoms with van der Waals surface area (Å²) in [6.45, 7) is 5.05. The van der Waals surface area contributed by atoms with Gasteiger partial charge in [-0.3, -0.25) is 14.3 Å². The lowest BCUT2D eigenvalue weighted by Crippen LogP contribution is -2.51. The summed E-state index contributed by atoms with van der Waals surface area (Å²) in [5.41, 5.74) is 0. The van der Waals surface area contributed by atoms with Crippen LogP contribution in [-0.2, 0) is 16.1 Å². The van der Waals surface area contributed by atoms with E-state index in [-0.39, 0.29) is 23.8 Å². The van der Waals surface area contributed by atoms with Crippen LogP contribution in [0.1, 0.15) is 25.7 Å². The Morgan fingerprint density at radius 2 is 1.94 bits per heavy atom. The van der Waals surface area contributed by atoms with E-state index in [0.717, 1.165) is 26.2 Å². The Labute approximate surface area is 205 Å². The largest absolute Gasteiger partial charge is 0.490 e. The van der Waals surface area contributed by atoms with Crippen molar-refractivity contribution in [1.82, 2.24) is 29.5 Å². The number of hydrogen-bond acceptors (Lipinski definition) is 6. The van der Waals surface area contributed by atoms with E-state index in [1.807, 2.05) is 28.0 Å². The monoisotopic (exact) mass is 488 g/mol. The molecule has 10 heteroatoms. The van der Waals surface area contributed by atoms with Crippen molar-refractivity contribution in [1.29, 1.82) is 0 Å². The van der Waals surface area contributed by atoms with Crippen molar-refractivity contribution in [2.45, 2.75) is 38.3 Å². The van der Waals surface area contributed by atoms with E-state index >= 15 is 0 Å². The highest BCUT2D eigenvalue weighted by atomic mass is 35.5. The number of piperidine rings is 1. The lowest BCUT2D eigenvalue weighted by atomic mass is 9.90. The first-order valence-electron chi connectivity index (χ1n) is 12.0. The second-order valence-electron chi connectivity index (χ2n) is 9.15. The summed E-state index contributed by atoms with van der Waals surface area (Å²) < 4.78 is 8.02. The summed E-state index contributed by atoms with van der Waals surface area (Å²) in [7, 11) is 2.07. The summed E-state index contributed by atoms with van der Waals surface area (Å²) in [5.74, 6) is 0.873. The van der Waals surface area contributed by atoms with Gasteiger partial charge in [-0.2, -0.15) is 5.10 Å². The Hall–Kier alpha value is -2.65. The van der Waals surface area contributed by atoms with Crippen molar-refractivity contribution in [3.05, 3.63) is 41.9 Å². The van der Waals surface area contributed by atoms with E-state index in [1.165, 1.54) is 6.33 Å². The van der Waals surface area contributed by atoms with Crippen molar-refractivity contribution >= 4 is 23.4 Å². The van der Waals surface area contributed by atoms with Crippen molar-refractivity contribution in [3.63, 3.8) is 0 Å². The number of carbonyl (C=O) groups excluding carboxylic acids is 2. The zero-order valence-corrected chi connectivity index (χ0v) is 20.4. The minimum absolute atomic E-state index is 0.0702. The van der Waals surface area contributed by atoms with Gasteiger partial charge in [-0.25, -0.2) is 4.98 Å². The minimum atomic E-state index is -0.144. The van der Waals surface area contributed by atoms with Crippen molar-refractivity contribution < 1.29 is 14.3 Å². The van der Waals surface area contributed by atoms with E-state index in [4.69, 9.17) is 16.3 Å². The Bertz CT molecular complexity index is 948. The molecule has 2 saturated heterocycles. The van der Waals surface area contributed by atoms with Crippen LogP contribution in [0.4, 0.5) is 0 Å². The SMILES string of the molecule is CN1CCN(C(=O)C[C@H]2CN(C(=O)CCCn3cncn3)CC[C@@H]2Oc2cccc(Cl)c2)CC1. The summed E-state index contributed by atoms with van der Waals surface area (Å²) >= 11 is 6.14. The Kier molecular flexibility index (Phi) is 8.39. The van der Waals surface area contributed by atoms with Gasteiger partial charge in [0.25, 0.3) is 0 Å². The van der Waals surface area contributed by atoms with E-state index < -0.39 is 0 Å². The number of benzene rings is 1. The number of likely N-dealkylation sites (tertiary alicyclic amines) is 1. The topological polar surface area (TPSA) is 83.8 Å². The van der Waals surface area contributed by atoms with E-state index in [2.05, 4.69) is 22.0 Å². The van der Waals surface area contributed by atoms with Crippen LogP contribution in [0.5, 0.6) is 5.75 Å². The van der Waals surface area contributed by atoms with Gasteiger partial charge in [0.2, 0.25) is 11.8 Å². The van der Waals surface area contributed by atoms with E-state index in [0.29, 0.717) is 56.1 Å². The molecule has 2 aliphatic heterocycles. The highest BCUT2D eigenvalue weighted by Gasteiger charge is 2.35. The number of amides is 2. The molecule has 0 bridgehead atoms. The van der Waals surface area contributed by atoms with Gasteiger partial charge in [-0.05, 0) is 31.7 Å². The van der Waals surface area contributed by atoms with E-state index in [9.17, 15) is 9.59 Å². The van der Waals surface area contributed by atoms with Gasteiger partial charge in [0.05, 0.1) is 0 Å². The van der Waals surface area contributed by atoms with Crippen LogP contribution in [0.15, 0.2) is 36.9 Å². The van der Waals surface area contributed by atoms with Gasteiger partial charge in [-0.15, -0.1) is 0 Å². The molecule has 0 spiro atoms. The van der Waals surface area contributed by atoms with Crippen molar-refractivity contribution in [2.75, 3.05) is 46.3 Å². The highest BCUT2D eigenvalue weighted by Crippen LogP contribution is 2.28. The summed E-state index contributed by atoms with van der Waals surface area (Å²) in [4.78, 5) is 36.0. The number of aromatic nitrogens is 3. The molecular formula is C24H33ClN6O3. The maximum atomic E-state index is 13.1. The molecule has 0 saturated carbocycles. The molecule has 0 unspecified atom stereocenters. The Morgan fingerprint density at radius 1 is 1.12 bits per heavy atom. The molecule has 0 N–H and O–H groups in total. The van der Waals surface area contributed by atoms with Gasteiger partial charge < -0.3 is 19.4 Å². The predicted octanol–water partition coefficient (Wildman–Crippen LogP) is 2.17. The lowest BCUT2D eigenvalue weighted by Gasteiger charge is -2.40. The Morgan fingerprint density at radius 3 is 2.68 bits per heavy atom. The van der Waals surface area contributed by atoms with Crippen LogP contribution in [0.3, 0.4) is 0 Å². The fourth-order valence-corrected chi connectivity index (χ4v) is 4.79. The molecule has 1 aromatic heterocycles. The standard InChI is InChI=1S/C24H33ClN6O3/c1-28-10-12-29(13-11-28)24(33)14-19-16-30(23(32)6-3-8-31-18-26-17-27-31)9-7-22(19)34-21-5-2-4-20(25)15-21/h2,4-5,15,17-19,22H,3,6-14,16H2,1H3/t19-,22-/m0/s1. The number of hydrogen-bond donors (Lipinski definition) is 0. The molecule has 3 heterocycles. The molecule has 4 rings (SSSR count). The molecule has 34 heavy (non-hydrogen) atoms. The number of nitrogens with zero attached hydrogens (tertiary/aromatic N) is 6. The highest BCUT2D eigenvalue weighted by molar-refractivity contribution is 6.30. The minimum Gasteiger partial charge on any atom is -0.490 e. The number of piperazine rings is 1. The average molecular weight is 489 g/mol. The van der Waals surface area contributed by atoms with Crippen LogP contribution >= 0.6 is 11.6 Å². The molecule has 9 nitrogen and oxygen atoms in total. The first-order chi connectivity index (χ1) is 16.5. The van der Waals surface area contributed by atoms with Gasteiger partial charge in [-0.1, -0.05) is 17.7 Å². The fraction of sp³-hybridized carbons (Fsp3) is 0.583. The summed E-state index contributed by atoms with van der Waals surface area (Å²) in [5, 5.41) is 4.70. The molecule has 184 valence electrons. The second-order valence-corrected chi connectivity index (χ2v) is 9.59. The number of aryl methyl sites for hydroxylation is 1. The second kappa shape index (κ2) is 11.7. The summed E-state index contributed by atoms with van der Waals surface area (Å²) in [6.07, 6.45) is 5.20. The number of ether oxygens (including phenoxy) is 1. The van der Waals surface area contributed by atoms with Gasteiger partial charge in [0, 0.05) is 76.0 Å². The quantitative estimate of drug-likeness (QED) is 0.566. The number of halogens is 1. The molecule has 2 aromatic rings. The number of rotatable bonds is 8. The third-order valence-corrected chi connectivity index (χ3v) is 6.87. The first kappa shape index (κ1) is 24.5. The van der Waals surface area contributed by atoms with E-state index in [1.54, 1.807) is 17.1 Å². The molecule has 2 amide bonds. The summed E-state index contributed by atoms with van der Waals surface area (Å²) in [6, 6.07) is 7.34. The Balaban J connectivity index is 1.38. The first-order valence-corrected chi connectivity index (χ1v) is 12.3. The number of likely N-dealkylation sites (N-methyl/N-ethyl adjacent to an activating group) is 1.